The number of benzene rings is 4. The molecule has 0 aromatic heterocycles. The van der Waals surface area contributed by atoms with Gasteiger partial charge in [-0.1, -0.05) is 56.9 Å². The summed E-state index contributed by atoms with van der Waals surface area (Å²) in [4.78, 5) is 12.5. The number of carbonyl (C=O) groups is 1. The van der Waals surface area contributed by atoms with Gasteiger partial charge in [0.1, 0.15) is 46.2 Å². The lowest BCUT2D eigenvalue weighted by atomic mass is 9.96. The summed E-state index contributed by atoms with van der Waals surface area (Å²) in [6.45, 7) is 2.12. The summed E-state index contributed by atoms with van der Waals surface area (Å²) in [6.07, 6.45) is 0.898. The fourth-order valence-electron chi connectivity index (χ4n) is 4.84. The average Bonchev–Trinajstić information content (AvgIpc) is 2.95. The maximum atomic E-state index is 15.1. The number of alkyl halides is 3. The molecule has 0 unspecified atom stereocenters. The van der Waals surface area contributed by atoms with Gasteiger partial charge in [0.2, 0.25) is 0 Å². The van der Waals surface area contributed by atoms with E-state index in [2.05, 4.69) is 11.7 Å². The van der Waals surface area contributed by atoms with E-state index >= 15 is 4.39 Å². The first-order chi connectivity index (χ1) is 21.8. The van der Waals surface area contributed by atoms with E-state index < -0.39 is 70.0 Å². The number of allylic oxidation sites excluding steroid dienone is 1. The lowest BCUT2D eigenvalue weighted by Gasteiger charge is -2.12. The van der Waals surface area contributed by atoms with Gasteiger partial charge in [-0.05, 0) is 59.9 Å². The predicted octanol–water partition coefficient (Wildman–Crippen LogP) is 11.2. The highest BCUT2D eigenvalue weighted by Gasteiger charge is 2.25. The Labute approximate surface area is 259 Å². The van der Waals surface area contributed by atoms with E-state index in [1.165, 1.54) is 24.3 Å². The van der Waals surface area contributed by atoms with Gasteiger partial charge >= 0.3 is 12.1 Å². The summed E-state index contributed by atoms with van der Waals surface area (Å²) in [7, 11) is 0. The number of ether oxygens (including phenoxy) is 1. The van der Waals surface area contributed by atoms with Crippen molar-refractivity contribution in [3.8, 4) is 28.0 Å². The molecule has 4 rings (SSSR count). The molecular weight excluding hydrogens is 623 g/mol. The lowest BCUT2D eigenvalue weighted by Crippen LogP contribution is -2.14. The molecule has 0 saturated carbocycles. The molecule has 11 heteroatoms. The number of aryl methyl sites for hydroxylation is 1. The molecule has 0 aliphatic rings. The molecule has 0 spiro atoms. The lowest BCUT2D eigenvalue weighted by molar-refractivity contribution is -0.0790. The first-order valence-electron chi connectivity index (χ1n) is 14.3. The van der Waals surface area contributed by atoms with Crippen molar-refractivity contribution >= 4 is 12.0 Å². The molecule has 4 aromatic rings. The van der Waals surface area contributed by atoms with Crippen LogP contribution in [0.4, 0.5) is 39.5 Å². The third-order valence-electron chi connectivity index (χ3n) is 7.14. The minimum absolute atomic E-state index is 0.128. The van der Waals surface area contributed by atoms with Crippen LogP contribution in [0.2, 0.25) is 0 Å². The third-order valence-corrected chi connectivity index (χ3v) is 7.14. The van der Waals surface area contributed by atoms with Crippen LogP contribution < -0.4 is 4.74 Å². The smallest absolute Gasteiger partial charge is 0.409 e. The molecule has 0 aliphatic heterocycles. The Balaban J connectivity index is 1.51. The van der Waals surface area contributed by atoms with Crippen LogP contribution in [0.3, 0.4) is 0 Å². The van der Waals surface area contributed by atoms with Gasteiger partial charge in [0.05, 0.1) is 0 Å². The second-order valence-corrected chi connectivity index (χ2v) is 10.6. The zero-order valence-corrected chi connectivity index (χ0v) is 24.4. The first kappa shape index (κ1) is 34.3. The minimum atomic E-state index is -4.85. The van der Waals surface area contributed by atoms with Gasteiger partial charge in [-0.3, -0.25) is 0 Å². The van der Waals surface area contributed by atoms with Crippen LogP contribution in [0.25, 0.3) is 28.3 Å². The van der Waals surface area contributed by atoms with Crippen LogP contribution in [0, 0.1) is 34.9 Å². The van der Waals surface area contributed by atoms with Gasteiger partial charge in [-0.2, -0.15) is 13.2 Å². The van der Waals surface area contributed by atoms with Crippen LogP contribution in [0.15, 0.2) is 66.7 Å². The maximum absolute atomic E-state index is 15.1. The van der Waals surface area contributed by atoms with Crippen molar-refractivity contribution in [2.45, 2.75) is 51.6 Å². The highest BCUT2D eigenvalue weighted by molar-refractivity contribution is 5.92. The Hall–Kier alpha value is -4.54. The average molecular weight is 651 g/mol. The van der Waals surface area contributed by atoms with Crippen LogP contribution >= 0.6 is 0 Å². The van der Waals surface area contributed by atoms with Gasteiger partial charge in [0.25, 0.3) is 0 Å². The van der Waals surface area contributed by atoms with Crippen LogP contribution in [-0.2, 0) is 6.42 Å². The van der Waals surface area contributed by atoms with Crippen molar-refractivity contribution in [2.24, 2.45) is 0 Å². The van der Waals surface area contributed by atoms with E-state index in [1.54, 1.807) is 6.07 Å². The second kappa shape index (κ2) is 14.7. The van der Waals surface area contributed by atoms with E-state index in [1.807, 2.05) is 0 Å². The van der Waals surface area contributed by atoms with Crippen molar-refractivity contribution in [2.75, 3.05) is 0 Å². The summed E-state index contributed by atoms with van der Waals surface area (Å²) in [6, 6.07) is 10.3. The fourth-order valence-corrected chi connectivity index (χ4v) is 4.84. The van der Waals surface area contributed by atoms with E-state index in [0.29, 0.717) is 30.7 Å². The van der Waals surface area contributed by atoms with E-state index in [0.717, 1.165) is 43.7 Å². The number of carbonyl (C=O) groups excluding carboxylic acids is 1. The van der Waals surface area contributed by atoms with Gasteiger partial charge in [-0.15, -0.1) is 0 Å². The van der Waals surface area contributed by atoms with Gasteiger partial charge in [0, 0.05) is 34.9 Å². The molecule has 0 radical (unpaired) electrons. The zero-order chi connectivity index (χ0) is 33.6. The number of esters is 1. The molecule has 0 heterocycles. The van der Waals surface area contributed by atoms with Crippen molar-refractivity contribution in [3.63, 3.8) is 0 Å². The third kappa shape index (κ3) is 8.58. The molecule has 2 nitrogen and oxygen atoms in total. The fraction of sp³-hybridized carbons (Fsp3) is 0.229. The summed E-state index contributed by atoms with van der Waals surface area (Å²) < 4.78 is 130. The topological polar surface area (TPSA) is 26.3 Å². The van der Waals surface area contributed by atoms with Crippen molar-refractivity contribution < 1.29 is 49.0 Å². The van der Waals surface area contributed by atoms with E-state index in [4.69, 9.17) is 0 Å². The molecule has 0 bridgehead atoms. The van der Waals surface area contributed by atoms with Crippen LogP contribution in [0.5, 0.6) is 5.75 Å². The highest BCUT2D eigenvalue weighted by atomic mass is 19.4. The molecule has 242 valence electrons. The summed E-state index contributed by atoms with van der Waals surface area (Å²) in [5.74, 6) is -10.1. The first-order valence-corrected chi connectivity index (χ1v) is 14.3. The quantitative estimate of drug-likeness (QED) is 0.0699. The standard InChI is InChI=1S/C35H27F9O2/c1-2-3-4-5-6-7-20-8-10-24(27(36)14-20)21-9-11-25(28(37)15-21)22-16-31(40)33(32(41)17-22)34(45)46-23-18-29(38)26(30(39)19-23)12-13-35(42,43)44/h8-19H,2-7H2,1H3. The van der Waals surface area contributed by atoms with E-state index in [-0.39, 0.29) is 28.3 Å². The van der Waals surface area contributed by atoms with Gasteiger partial charge in [0.15, 0.2) is 0 Å². The molecule has 46 heavy (non-hydrogen) atoms. The molecule has 0 aliphatic carbocycles. The Kier molecular flexibility index (Phi) is 11.0. The molecule has 0 fully saturated rings. The molecule has 0 amide bonds. The Bertz CT molecular complexity index is 1710. The second-order valence-electron chi connectivity index (χ2n) is 10.6. The summed E-state index contributed by atoms with van der Waals surface area (Å²) in [5.41, 5.74) is -1.80. The largest absolute Gasteiger partial charge is 0.423 e. The van der Waals surface area contributed by atoms with Gasteiger partial charge in [-0.25, -0.2) is 31.1 Å². The number of rotatable bonds is 11. The molecule has 0 saturated heterocycles. The zero-order valence-electron chi connectivity index (χ0n) is 24.4. The molecular formula is C35H27F9O2. The summed E-state index contributed by atoms with van der Waals surface area (Å²) >= 11 is 0. The SMILES string of the molecule is CCCCCCCc1ccc(-c2ccc(-c3cc(F)c(C(=O)Oc4cc(F)c(C=CC(F)(F)F)c(F)c4)c(F)c3)c(F)c2)c(F)c1. The Morgan fingerprint density at radius 2 is 1.24 bits per heavy atom. The maximum Gasteiger partial charge on any atom is 0.409 e. The van der Waals surface area contributed by atoms with Crippen molar-refractivity contribution in [1.82, 2.24) is 0 Å². The Morgan fingerprint density at radius 3 is 1.83 bits per heavy atom. The van der Waals surface area contributed by atoms with E-state index in [9.17, 15) is 39.9 Å². The molecule has 4 aromatic carbocycles. The number of halogens is 9. The van der Waals surface area contributed by atoms with Crippen molar-refractivity contribution in [3.05, 3.63) is 118 Å². The normalized spacial score (nSPS) is 11.8. The monoisotopic (exact) mass is 650 g/mol. The summed E-state index contributed by atoms with van der Waals surface area (Å²) in [5, 5.41) is 0. The molecule has 0 N–H and O–H groups in total. The predicted molar refractivity (Wildman–Crippen MR) is 156 cm³/mol. The number of hydrogen-bond acceptors (Lipinski definition) is 2. The number of hydrogen-bond donors (Lipinski definition) is 0. The van der Waals surface area contributed by atoms with Crippen LogP contribution in [-0.4, -0.2) is 12.1 Å². The van der Waals surface area contributed by atoms with Crippen molar-refractivity contribution in [1.29, 1.82) is 0 Å². The Morgan fingerprint density at radius 1 is 0.674 bits per heavy atom. The number of unbranched alkanes of at least 4 members (excludes halogenated alkanes) is 4. The van der Waals surface area contributed by atoms with Gasteiger partial charge < -0.3 is 4.74 Å². The highest BCUT2D eigenvalue weighted by Crippen LogP contribution is 2.32. The molecule has 0 atom stereocenters. The minimum Gasteiger partial charge on any atom is -0.423 e. The van der Waals surface area contributed by atoms with Crippen LogP contribution in [0.1, 0.15) is 60.5 Å².